The Morgan fingerprint density at radius 3 is 2.56 bits per heavy atom. The Morgan fingerprint density at radius 1 is 1.44 bits per heavy atom. The monoisotopic (exact) mass is 228 g/mol. The molecule has 3 nitrogen and oxygen atoms in total. The minimum atomic E-state index is -1.20. The van der Waals surface area contributed by atoms with Gasteiger partial charge in [-0.1, -0.05) is 0 Å². The van der Waals surface area contributed by atoms with E-state index in [-0.39, 0.29) is 16.9 Å². The number of benzene rings is 1. The minimum absolute atomic E-state index is 0.0829. The number of carboxylic acid groups (broad SMARTS) is 1. The highest BCUT2D eigenvalue weighted by Gasteiger charge is 2.13. The molecule has 1 aromatic carbocycles. The smallest absolute Gasteiger partial charge is 0.331 e. The summed E-state index contributed by atoms with van der Waals surface area (Å²) < 4.78 is 31.1. The molecule has 16 heavy (non-hydrogen) atoms. The second-order valence-electron chi connectivity index (χ2n) is 3.11. The number of ether oxygens (including phenoxy) is 1. The average molecular weight is 228 g/mol. The summed E-state index contributed by atoms with van der Waals surface area (Å²) in [4.78, 5) is 10.6. The molecule has 0 radical (unpaired) electrons. The van der Waals surface area contributed by atoms with Crippen LogP contribution in [0.2, 0.25) is 0 Å². The van der Waals surface area contributed by atoms with E-state index in [0.717, 1.165) is 12.1 Å². The first kappa shape index (κ1) is 12.2. The third-order valence-corrected chi connectivity index (χ3v) is 2.01. The maximum Gasteiger partial charge on any atom is 0.331 e. The standard InChI is InChI=1S/C11H10F2O3/c1-6(11(14)15)5-7-9(16-2)4-3-8(12)10(7)13/h3-5H,1-2H3,(H,14,15)/b6-5+. The molecule has 5 heteroatoms. The summed E-state index contributed by atoms with van der Waals surface area (Å²) in [6.45, 7) is 1.28. The van der Waals surface area contributed by atoms with E-state index < -0.39 is 17.6 Å². The van der Waals surface area contributed by atoms with E-state index >= 15 is 0 Å². The largest absolute Gasteiger partial charge is 0.496 e. The molecule has 0 saturated carbocycles. The zero-order valence-corrected chi connectivity index (χ0v) is 8.75. The number of carbonyl (C=O) groups is 1. The summed E-state index contributed by atoms with van der Waals surface area (Å²) >= 11 is 0. The first-order valence-electron chi connectivity index (χ1n) is 4.41. The van der Waals surface area contributed by atoms with Crippen LogP contribution in [0.1, 0.15) is 12.5 Å². The van der Waals surface area contributed by atoms with Crippen molar-refractivity contribution in [3.05, 3.63) is 34.9 Å². The van der Waals surface area contributed by atoms with E-state index in [0.29, 0.717) is 0 Å². The highest BCUT2D eigenvalue weighted by atomic mass is 19.2. The number of aliphatic carboxylic acids is 1. The maximum absolute atomic E-state index is 13.4. The van der Waals surface area contributed by atoms with Gasteiger partial charge in [-0.2, -0.15) is 0 Å². The SMILES string of the molecule is COc1ccc(F)c(F)c1/C=C(\C)C(=O)O. The van der Waals surface area contributed by atoms with Gasteiger partial charge in [0.25, 0.3) is 0 Å². The Morgan fingerprint density at radius 2 is 2.06 bits per heavy atom. The number of halogens is 2. The van der Waals surface area contributed by atoms with Crippen molar-refractivity contribution in [2.24, 2.45) is 0 Å². The second kappa shape index (κ2) is 4.74. The number of hydrogen-bond acceptors (Lipinski definition) is 2. The zero-order valence-electron chi connectivity index (χ0n) is 8.75. The van der Waals surface area contributed by atoms with Gasteiger partial charge < -0.3 is 9.84 Å². The van der Waals surface area contributed by atoms with Gasteiger partial charge >= 0.3 is 5.97 Å². The lowest BCUT2D eigenvalue weighted by atomic mass is 10.1. The molecule has 0 saturated heterocycles. The molecule has 86 valence electrons. The molecule has 0 amide bonds. The van der Waals surface area contributed by atoms with Gasteiger partial charge in [-0.05, 0) is 25.1 Å². The molecule has 0 fully saturated rings. The summed E-state index contributed by atoms with van der Waals surface area (Å²) in [5.41, 5.74) is -0.315. The fraction of sp³-hybridized carbons (Fsp3) is 0.182. The number of rotatable bonds is 3. The van der Waals surface area contributed by atoms with Gasteiger partial charge in [-0.3, -0.25) is 0 Å². The van der Waals surface area contributed by atoms with E-state index in [4.69, 9.17) is 9.84 Å². The topological polar surface area (TPSA) is 46.5 Å². The van der Waals surface area contributed by atoms with E-state index in [9.17, 15) is 13.6 Å². The third-order valence-electron chi connectivity index (χ3n) is 2.01. The van der Waals surface area contributed by atoms with Crippen LogP contribution in [-0.4, -0.2) is 18.2 Å². The summed E-state index contributed by atoms with van der Waals surface area (Å²) in [5, 5.41) is 8.64. The van der Waals surface area contributed by atoms with Crippen molar-refractivity contribution >= 4 is 12.0 Å². The Kier molecular flexibility index (Phi) is 3.60. The molecule has 0 aromatic heterocycles. The molecular weight excluding hydrogens is 218 g/mol. The van der Waals surface area contributed by atoms with Crippen molar-refractivity contribution in [2.75, 3.05) is 7.11 Å². The van der Waals surface area contributed by atoms with E-state index in [1.807, 2.05) is 0 Å². The lowest BCUT2D eigenvalue weighted by Gasteiger charge is -2.06. The van der Waals surface area contributed by atoms with Gasteiger partial charge in [-0.15, -0.1) is 0 Å². The van der Waals surface area contributed by atoms with Crippen molar-refractivity contribution in [3.8, 4) is 5.75 Å². The quantitative estimate of drug-likeness (QED) is 0.808. The van der Waals surface area contributed by atoms with Crippen LogP contribution in [0.25, 0.3) is 6.08 Å². The van der Waals surface area contributed by atoms with Crippen molar-refractivity contribution in [2.45, 2.75) is 6.92 Å². The number of carboxylic acids is 1. The van der Waals surface area contributed by atoms with Crippen LogP contribution in [-0.2, 0) is 4.79 Å². The molecule has 0 heterocycles. The van der Waals surface area contributed by atoms with E-state index in [1.54, 1.807) is 0 Å². The lowest BCUT2D eigenvalue weighted by molar-refractivity contribution is -0.132. The van der Waals surface area contributed by atoms with E-state index in [1.165, 1.54) is 20.1 Å². The second-order valence-corrected chi connectivity index (χ2v) is 3.11. The molecule has 0 bridgehead atoms. The molecule has 0 aliphatic carbocycles. The van der Waals surface area contributed by atoms with Gasteiger partial charge in [0.2, 0.25) is 0 Å². The van der Waals surface area contributed by atoms with Crippen LogP contribution >= 0.6 is 0 Å². The first-order chi connectivity index (χ1) is 7.47. The minimum Gasteiger partial charge on any atom is -0.496 e. The summed E-state index contributed by atoms with van der Waals surface area (Å²) in [6, 6.07) is 2.15. The molecule has 1 rings (SSSR count). The molecule has 0 aliphatic heterocycles. The molecule has 0 aliphatic rings. The molecule has 1 aromatic rings. The average Bonchev–Trinajstić information content (AvgIpc) is 2.25. The Bertz CT molecular complexity index is 453. The number of methoxy groups -OCH3 is 1. The van der Waals surface area contributed by atoms with Crippen LogP contribution in [0.5, 0.6) is 5.75 Å². The summed E-state index contributed by atoms with van der Waals surface area (Å²) in [7, 11) is 1.29. The lowest BCUT2D eigenvalue weighted by Crippen LogP contribution is -1.99. The highest BCUT2D eigenvalue weighted by molar-refractivity contribution is 5.91. The highest BCUT2D eigenvalue weighted by Crippen LogP contribution is 2.26. The van der Waals surface area contributed by atoms with Gasteiger partial charge in [0.05, 0.1) is 12.7 Å². The van der Waals surface area contributed by atoms with Crippen LogP contribution < -0.4 is 4.74 Å². The van der Waals surface area contributed by atoms with Crippen LogP contribution in [0.4, 0.5) is 8.78 Å². The normalized spacial score (nSPS) is 11.4. The van der Waals surface area contributed by atoms with Crippen LogP contribution in [0, 0.1) is 11.6 Å². The van der Waals surface area contributed by atoms with Gasteiger partial charge in [-0.25, -0.2) is 13.6 Å². The van der Waals surface area contributed by atoms with Gasteiger partial charge in [0, 0.05) is 5.57 Å². The van der Waals surface area contributed by atoms with Crippen molar-refractivity contribution in [3.63, 3.8) is 0 Å². The maximum atomic E-state index is 13.4. The first-order valence-corrected chi connectivity index (χ1v) is 4.41. The van der Waals surface area contributed by atoms with Crippen molar-refractivity contribution < 1.29 is 23.4 Å². The Labute approximate surface area is 91.0 Å². The van der Waals surface area contributed by atoms with Crippen LogP contribution in [0.15, 0.2) is 17.7 Å². The Balaban J connectivity index is 3.36. The molecule has 0 spiro atoms. The predicted molar refractivity (Wildman–Crippen MR) is 54.2 cm³/mol. The zero-order chi connectivity index (χ0) is 12.3. The fourth-order valence-electron chi connectivity index (χ4n) is 1.14. The Hall–Kier alpha value is -1.91. The van der Waals surface area contributed by atoms with Crippen molar-refractivity contribution in [1.29, 1.82) is 0 Å². The van der Waals surface area contributed by atoms with Gasteiger partial charge in [0.15, 0.2) is 11.6 Å². The summed E-state index contributed by atoms with van der Waals surface area (Å²) in [6.07, 6.45) is 1.03. The molecular formula is C11H10F2O3. The molecule has 1 N–H and O–H groups in total. The van der Waals surface area contributed by atoms with E-state index in [2.05, 4.69) is 0 Å². The van der Waals surface area contributed by atoms with Crippen LogP contribution in [0.3, 0.4) is 0 Å². The number of hydrogen-bond donors (Lipinski definition) is 1. The summed E-state index contributed by atoms with van der Waals surface area (Å²) in [5.74, 6) is -3.30. The molecule has 0 atom stereocenters. The van der Waals surface area contributed by atoms with Gasteiger partial charge in [0.1, 0.15) is 5.75 Å². The third kappa shape index (κ3) is 2.36. The molecule has 0 unspecified atom stereocenters. The van der Waals surface area contributed by atoms with Crippen molar-refractivity contribution in [1.82, 2.24) is 0 Å². The predicted octanol–water partition coefficient (Wildman–Crippen LogP) is 2.46. The fourth-order valence-corrected chi connectivity index (χ4v) is 1.14.